The summed E-state index contributed by atoms with van der Waals surface area (Å²) in [4.78, 5) is 16.5. The average Bonchev–Trinajstić information content (AvgIpc) is 3.23. The first-order valence-corrected chi connectivity index (χ1v) is 9.49. The van der Waals surface area contributed by atoms with Crippen LogP contribution in [0.5, 0.6) is 0 Å². The average molecular weight is 382 g/mol. The van der Waals surface area contributed by atoms with Gasteiger partial charge >= 0.3 is 0 Å². The summed E-state index contributed by atoms with van der Waals surface area (Å²) in [5.41, 5.74) is 6.43. The summed E-state index contributed by atoms with van der Waals surface area (Å²) >= 11 is 6.16. The van der Waals surface area contributed by atoms with Crippen LogP contribution in [0.25, 0.3) is 38.6 Å². The lowest BCUT2D eigenvalue weighted by atomic mass is 10.0. The van der Waals surface area contributed by atoms with Gasteiger partial charge in [0.25, 0.3) is 11.5 Å². The molecule has 1 aliphatic heterocycles. The number of nitrogens with one attached hydrogen (secondary N) is 1. The van der Waals surface area contributed by atoms with Crippen molar-refractivity contribution in [2.45, 2.75) is 0 Å². The molecule has 28 heavy (non-hydrogen) atoms. The Balaban J connectivity index is 1.63. The van der Waals surface area contributed by atoms with E-state index in [1.165, 1.54) is 0 Å². The number of ketones is 1. The summed E-state index contributed by atoms with van der Waals surface area (Å²) in [6.07, 6.45) is 1.99. The number of hydrogen-bond acceptors (Lipinski definition) is 1. The van der Waals surface area contributed by atoms with E-state index >= 15 is 0 Å². The molecule has 0 aliphatic carbocycles. The third kappa shape index (κ3) is 2.05. The minimum atomic E-state index is 0.0582. The van der Waals surface area contributed by atoms with Crippen LogP contribution in [-0.4, -0.2) is 10.8 Å². The van der Waals surface area contributed by atoms with Gasteiger partial charge in [-0.1, -0.05) is 41.9 Å². The Morgan fingerprint density at radius 2 is 1.68 bits per heavy atom. The molecule has 132 valence electrons. The van der Waals surface area contributed by atoms with Crippen molar-refractivity contribution in [2.24, 2.45) is 0 Å². The van der Waals surface area contributed by atoms with E-state index in [4.69, 9.17) is 11.6 Å². The molecule has 3 nitrogen and oxygen atoms in total. The number of rotatable bonds is 1. The van der Waals surface area contributed by atoms with Crippen LogP contribution in [-0.2, 0) is 0 Å². The molecule has 0 unspecified atom stereocenters. The van der Waals surface area contributed by atoms with Crippen molar-refractivity contribution in [3.63, 3.8) is 0 Å². The van der Waals surface area contributed by atoms with Gasteiger partial charge in [-0.25, -0.2) is 0 Å². The van der Waals surface area contributed by atoms with E-state index in [1.54, 1.807) is 0 Å². The third-order valence-electron chi connectivity index (χ3n) is 5.49. The lowest BCUT2D eigenvalue weighted by Crippen LogP contribution is -2.31. The van der Waals surface area contributed by atoms with Crippen molar-refractivity contribution in [3.8, 4) is 16.8 Å². The van der Waals surface area contributed by atoms with Gasteiger partial charge in [0.05, 0.1) is 0 Å². The van der Waals surface area contributed by atoms with Crippen LogP contribution in [0.2, 0.25) is 5.02 Å². The number of carbonyl (C=O) groups is 1. The number of fused-ring (bicyclic) bond motifs is 7. The molecule has 0 amide bonds. The Hall–Kier alpha value is -3.43. The summed E-state index contributed by atoms with van der Waals surface area (Å²) in [5.74, 6) is 0.0582. The monoisotopic (exact) mass is 381 g/mol. The highest BCUT2D eigenvalue weighted by Gasteiger charge is 2.37. The van der Waals surface area contributed by atoms with E-state index < -0.39 is 0 Å². The molecule has 5 aromatic rings. The molecule has 0 fully saturated rings. The van der Waals surface area contributed by atoms with E-state index in [0.717, 1.165) is 44.2 Å². The maximum absolute atomic E-state index is 13.0. The fourth-order valence-electron chi connectivity index (χ4n) is 4.19. The largest absolute Gasteiger partial charge is 0.349 e. The maximum atomic E-state index is 13.0. The van der Waals surface area contributed by atoms with Crippen LogP contribution in [0.3, 0.4) is 0 Å². The Morgan fingerprint density at radius 3 is 2.57 bits per heavy atom. The van der Waals surface area contributed by atoms with Gasteiger partial charge in [0.1, 0.15) is 11.1 Å². The molecule has 6 rings (SSSR count). The molecule has 1 aliphatic rings. The minimum absolute atomic E-state index is 0.0582. The van der Waals surface area contributed by atoms with Crippen molar-refractivity contribution >= 4 is 39.2 Å². The molecule has 1 N–H and O–H groups in total. The van der Waals surface area contributed by atoms with Gasteiger partial charge < -0.3 is 4.98 Å². The lowest BCUT2D eigenvalue weighted by molar-refractivity contribution is -0.592. The highest BCUT2D eigenvalue weighted by atomic mass is 35.5. The summed E-state index contributed by atoms with van der Waals surface area (Å²) < 4.78 is 1.98. The summed E-state index contributed by atoms with van der Waals surface area (Å²) in [5, 5.41) is 2.86. The lowest BCUT2D eigenvalue weighted by Gasteiger charge is -2.02. The van der Waals surface area contributed by atoms with Crippen molar-refractivity contribution in [1.29, 1.82) is 0 Å². The van der Waals surface area contributed by atoms with Gasteiger partial charge in [-0.2, -0.15) is 4.57 Å². The number of halogens is 1. The zero-order chi connectivity index (χ0) is 18.8. The highest BCUT2D eigenvalue weighted by Crippen LogP contribution is 2.33. The Labute approximate surface area is 165 Å². The van der Waals surface area contributed by atoms with Crippen molar-refractivity contribution in [2.75, 3.05) is 0 Å². The Morgan fingerprint density at radius 1 is 0.821 bits per heavy atom. The van der Waals surface area contributed by atoms with Gasteiger partial charge in [0.2, 0.25) is 5.69 Å². The normalized spacial score (nSPS) is 12.5. The van der Waals surface area contributed by atoms with Crippen LogP contribution < -0.4 is 4.57 Å². The van der Waals surface area contributed by atoms with Crippen LogP contribution in [0.1, 0.15) is 16.1 Å². The molecular formula is C24H14ClN2O+. The predicted molar refractivity (Wildman–Crippen MR) is 111 cm³/mol. The number of nitrogens with zero attached hydrogens (tertiary/aromatic N) is 1. The zero-order valence-corrected chi connectivity index (χ0v) is 15.5. The van der Waals surface area contributed by atoms with E-state index in [-0.39, 0.29) is 5.78 Å². The van der Waals surface area contributed by atoms with Crippen molar-refractivity contribution < 1.29 is 9.36 Å². The summed E-state index contributed by atoms with van der Waals surface area (Å²) in [6, 6.07) is 24.0. The fourth-order valence-corrected chi connectivity index (χ4v) is 4.38. The number of carbonyl (C=O) groups excluding carboxylic acids is 1. The Kier molecular flexibility index (Phi) is 3.09. The second-order valence-electron chi connectivity index (χ2n) is 7.07. The number of hydrogen-bond donors (Lipinski definition) is 1. The number of pyridine rings is 1. The van der Waals surface area contributed by atoms with Crippen LogP contribution >= 0.6 is 11.6 Å². The van der Waals surface area contributed by atoms with E-state index in [0.29, 0.717) is 10.7 Å². The molecule has 3 heterocycles. The fraction of sp³-hybridized carbons (Fsp3) is 0. The number of aromatic amines is 1. The number of aromatic nitrogens is 2. The topological polar surface area (TPSA) is 36.7 Å². The molecule has 0 saturated carbocycles. The molecule has 0 atom stereocenters. The van der Waals surface area contributed by atoms with Crippen molar-refractivity contribution in [3.05, 3.63) is 95.3 Å². The van der Waals surface area contributed by atoms with Gasteiger partial charge in [-0.05, 0) is 41.5 Å². The molecular weight excluding hydrogens is 368 g/mol. The molecule has 3 aromatic carbocycles. The number of benzene rings is 3. The predicted octanol–water partition coefficient (Wildman–Crippen LogP) is 5.46. The first kappa shape index (κ1) is 15.6. The van der Waals surface area contributed by atoms with E-state index in [9.17, 15) is 4.79 Å². The first-order chi connectivity index (χ1) is 13.7. The smallest absolute Gasteiger partial charge is 0.284 e. The van der Waals surface area contributed by atoms with Gasteiger partial charge in [0, 0.05) is 33.4 Å². The zero-order valence-electron chi connectivity index (χ0n) is 14.7. The Bertz CT molecular complexity index is 1450. The van der Waals surface area contributed by atoms with Gasteiger partial charge in [-0.3, -0.25) is 4.79 Å². The van der Waals surface area contributed by atoms with Gasteiger partial charge in [-0.15, -0.1) is 0 Å². The standard InChI is InChI=1S/C24H13ClN2O/c25-16-5-3-4-14(12-16)15-8-9-20-19(13-15)17-10-11-27-21-7-2-1-6-18(21)24(28)23(27)22(17)26-20/h1-13H/p+1. The van der Waals surface area contributed by atoms with Crippen LogP contribution in [0.15, 0.2) is 79.0 Å². The third-order valence-corrected chi connectivity index (χ3v) is 5.72. The van der Waals surface area contributed by atoms with Crippen molar-refractivity contribution in [1.82, 2.24) is 4.98 Å². The molecule has 2 aromatic heterocycles. The molecule has 0 spiro atoms. The van der Waals surface area contributed by atoms with Crippen LogP contribution in [0, 0.1) is 0 Å². The van der Waals surface area contributed by atoms with Crippen LogP contribution in [0.4, 0.5) is 0 Å². The quantitative estimate of drug-likeness (QED) is 0.377. The number of H-pyrrole nitrogens is 1. The SMILES string of the molecule is O=C1c2ccccc2-[n+]2ccc3c([nH]c4ccc(-c5cccc(Cl)c5)cc43)c21. The summed E-state index contributed by atoms with van der Waals surface area (Å²) in [7, 11) is 0. The minimum Gasteiger partial charge on any atom is -0.349 e. The highest BCUT2D eigenvalue weighted by molar-refractivity contribution is 6.30. The van der Waals surface area contributed by atoms with E-state index in [2.05, 4.69) is 35.3 Å². The molecule has 4 heteroatoms. The molecule has 0 bridgehead atoms. The van der Waals surface area contributed by atoms with E-state index in [1.807, 2.05) is 53.2 Å². The second-order valence-corrected chi connectivity index (χ2v) is 7.50. The molecule has 0 radical (unpaired) electrons. The second kappa shape index (κ2) is 5.54. The first-order valence-electron chi connectivity index (χ1n) is 9.11. The maximum Gasteiger partial charge on any atom is 0.284 e. The number of para-hydroxylation sites is 1. The summed E-state index contributed by atoms with van der Waals surface area (Å²) in [6.45, 7) is 0. The van der Waals surface area contributed by atoms with Gasteiger partial charge in [0.15, 0.2) is 6.20 Å². The molecule has 0 saturated heterocycles.